The first-order valence-electron chi connectivity index (χ1n) is 29.6. The highest BCUT2D eigenvalue weighted by atomic mass is 79.9. The summed E-state index contributed by atoms with van der Waals surface area (Å²) in [5.41, 5.74) is 27.0. The monoisotopic (exact) mass is 1350 g/mol. The Morgan fingerprint density at radius 1 is 0.526 bits per heavy atom. The lowest BCUT2D eigenvalue weighted by Gasteiger charge is -2.08. The molecule has 0 amide bonds. The van der Waals surface area contributed by atoms with Crippen LogP contribution in [0.2, 0.25) is 0 Å². The molecular formula is C72H79BrN12O10. The second-order valence-electron chi connectivity index (χ2n) is 21.1. The number of hydrogen-bond donors (Lipinski definition) is 4. The number of aryl methyl sites for hydroxylation is 3. The Hall–Kier alpha value is -11.0. The smallest absolute Gasteiger partial charge is 0.339 e. The first-order valence-corrected chi connectivity index (χ1v) is 30.4. The van der Waals surface area contributed by atoms with Crippen LogP contribution in [0, 0.1) is 46.4 Å². The molecule has 0 aliphatic carbocycles. The first kappa shape index (κ1) is 76.4. The van der Waals surface area contributed by atoms with Gasteiger partial charge in [0.15, 0.2) is 17.3 Å². The number of carbonyl (C=O) groups excluding carboxylic acids is 5. The quantitative estimate of drug-likeness (QED) is 0.0185. The van der Waals surface area contributed by atoms with Gasteiger partial charge in [0.2, 0.25) is 0 Å². The molecule has 0 aliphatic rings. The molecule has 0 atom stereocenters. The number of carboxylic acids is 1. The van der Waals surface area contributed by atoms with Crippen molar-refractivity contribution in [3.05, 3.63) is 276 Å². The number of anilines is 1. The van der Waals surface area contributed by atoms with Gasteiger partial charge in [-0.2, -0.15) is 15.3 Å². The lowest BCUT2D eigenvalue weighted by Crippen LogP contribution is -2.05. The molecule has 0 bridgehead atoms. The number of carboxylic acid groups (broad SMARTS) is 1. The molecule has 0 spiro atoms. The van der Waals surface area contributed by atoms with Gasteiger partial charge in [-0.3, -0.25) is 34.1 Å². The van der Waals surface area contributed by atoms with Crippen LogP contribution in [-0.4, -0.2) is 96.7 Å². The number of carbonyl (C=O) groups is 6. The molecule has 22 nitrogen and oxygen atoms in total. The Labute approximate surface area is 560 Å². The van der Waals surface area contributed by atoms with E-state index in [-0.39, 0.29) is 41.1 Å². The Morgan fingerprint density at radius 3 is 1.21 bits per heavy atom. The number of halogens is 1. The number of methoxy groups -OCH3 is 1. The summed E-state index contributed by atoms with van der Waals surface area (Å²) in [6.45, 7) is 19.3. The van der Waals surface area contributed by atoms with E-state index in [4.69, 9.17) is 16.6 Å². The standard InChI is InChI=1S/C19H19N3O.C18H17N3O2.C11H13N3.C7H6BrNO2.C7H9N.C5H7NO3.C5H8O2/c1-13-19(11-16-12-20-10-9-18(16)15(3)23)14(2)22(21-13)17-7-5-4-6-8-17;1-12-17(10-14-11-19-9-8-16(14)18(22)23)13(2)21(20-12)15-6-4-3-5-7-15;1-8-11(12)9(2)14(13-8)10-6-4-3-5-7-10;1-11-7(10)5-2-3-9-4-6(5)8;8-6-7-4-2-1-3-5-7;1-3(7)5(6-9)4(2)8;1-4(6)3-5(2)7/h4-10,12H,11H2,1-3H3;3-9,11H,10H2,1-2H3,(H,22,23);3-7H,12H2,1-2H3;2-4H,1H3;1-5H,6,8H2;7H,1-2H3;3H2,1-2H3. The number of nitrogens with zero attached hydrogens (tertiary/aromatic N) is 10. The van der Waals surface area contributed by atoms with Gasteiger partial charge < -0.3 is 26.4 Å². The summed E-state index contributed by atoms with van der Waals surface area (Å²) >= 11 is 3.17. The summed E-state index contributed by atoms with van der Waals surface area (Å²) in [6.07, 6.45) is 10.9. The maximum atomic E-state index is 11.8. The van der Waals surface area contributed by atoms with E-state index in [1.54, 1.807) is 43.8 Å². The van der Waals surface area contributed by atoms with Crippen molar-refractivity contribution in [3.8, 4) is 17.1 Å². The van der Waals surface area contributed by atoms with Crippen molar-refractivity contribution in [2.24, 2.45) is 10.9 Å². The molecule has 0 unspecified atom stereocenters. The first-order chi connectivity index (χ1) is 45.3. The SMILES string of the molecule is CC(=O)C(N=O)=C(C)O.CC(=O)CC(C)=O.CC(=O)c1ccncc1Cc1c(C)nn(-c2ccccc2)c1C.COC(=O)c1ccncc1Br.Cc1nn(-c2ccccc2)c(C)c1Cc1cnccc1C(=O)O.Cc1nn(-c2ccccc2)c(C)c1N.NCc1ccccc1. The van der Waals surface area contributed by atoms with Crippen LogP contribution in [0.4, 0.5) is 5.69 Å². The minimum absolute atomic E-state index is 0.0625. The summed E-state index contributed by atoms with van der Waals surface area (Å²) in [7, 11) is 1.34. The Morgan fingerprint density at radius 2 is 0.905 bits per heavy atom. The van der Waals surface area contributed by atoms with Crippen LogP contribution in [-0.2, 0) is 38.5 Å². The number of Topliss-reactive ketones (excluding diaryl/α,β-unsaturated/α-hetero) is 4. The molecule has 6 N–H and O–H groups in total. The molecule has 494 valence electrons. The van der Waals surface area contributed by atoms with E-state index in [9.17, 15) is 38.8 Å². The number of rotatable bonds is 15. The van der Waals surface area contributed by atoms with Crippen LogP contribution in [0.5, 0.6) is 0 Å². The van der Waals surface area contributed by atoms with Crippen LogP contribution < -0.4 is 11.5 Å². The topological polar surface area (TPSA) is 326 Å². The van der Waals surface area contributed by atoms with Gasteiger partial charge >= 0.3 is 11.9 Å². The number of aromatic nitrogens is 9. The molecule has 6 heterocycles. The number of aliphatic hydroxyl groups is 1. The van der Waals surface area contributed by atoms with E-state index in [1.807, 2.05) is 170 Å². The highest BCUT2D eigenvalue weighted by Gasteiger charge is 2.19. The fourth-order valence-electron chi connectivity index (χ4n) is 9.05. The van der Waals surface area contributed by atoms with Gasteiger partial charge in [-0.1, -0.05) is 84.9 Å². The molecule has 6 aromatic heterocycles. The molecule has 0 fully saturated rings. The number of pyridine rings is 3. The molecule has 0 saturated heterocycles. The number of nitrogen functional groups attached to an aromatic ring is 1. The van der Waals surface area contributed by atoms with Gasteiger partial charge in [0.1, 0.15) is 17.3 Å². The van der Waals surface area contributed by atoms with Gasteiger partial charge in [-0.15, -0.1) is 4.91 Å². The van der Waals surface area contributed by atoms with Gasteiger partial charge in [-0.05, 0) is 162 Å². The molecule has 95 heavy (non-hydrogen) atoms. The van der Waals surface area contributed by atoms with E-state index in [2.05, 4.69) is 63.0 Å². The zero-order valence-corrected chi connectivity index (χ0v) is 56.8. The number of aliphatic hydroxyl groups excluding tert-OH is 1. The van der Waals surface area contributed by atoms with E-state index >= 15 is 0 Å². The van der Waals surface area contributed by atoms with Crippen molar-refractivity contribution in [3.63, 3.8) is 0 Å². The zero-order chi connectivity index (χ0) is 70.3. The van der Waals surface area contributed by atoms with Crippen LogP contribution >= 0.6 is 15.9 Å². The second-order valence-corrected chi connectivity index (χ2v) is 22.0. The van der Waals surface area contributed by atoms with Crippen molar-refractivity contribution < 1.29 is 43.7 Å². The van der Waals surface area contributed by atoms with Crippen LogP contribution in [0.3, 0.4) is 0 Å². The fourth-order valence-corrected chi connectivity index (χ4v) is 9.46. The zero-order valence-electron chi connectivity index (χ0n) is 55.2. The van der Waals surface area contributed by atoms with E-state index in [1.165, 1.54) is 51.9 Å². The Balaban J connectivity index is 0.000000248. The minimum atomic E-state index is -0.937. The molecule has 0 radical (unpaired) electrons. The number of aromatic carboxylic acids is 1. The molecular weight excluding hydrogens is 1270 g/mol. The molecule has 10 aromatic rings. The maximum absolute atomic E-state index is 11.8. The largest absolute Gasteiger partial charge is 0.510 e. The summed E-state index contributed by atoms with van der Waals surface area (Å²) in [5.74, 6) is -2.22. The van der Waals surface area contributed by atoms with Gasteiger partial charge in [0, 0.05) is 91.6 Å². The van der Waals surface area contributed by atoms with Crippen molar-refractivity contribution in [1.82, 2.24) is 44.3 Å². The number of ether oxygens (including phenoxy) is 1. The van der Waals surface area contributed by atoms with E-state index in [0.717, 1.165) is 86.1 Å². The third-order valence-electron chi connectivity index (χ3n) is 13.9. The predicted octanol–water partition coefficient (Wildman–Crippen LogP) is 13.4. The lowest BCUT2D eigenvalue weighted by molar-refractivity contribution is -0.124. The number of hydrogen-bond acceptors (Lipinski definition) is 18. The molecule has 23 heteroatoms. The Kier molecular flexibility index (Phi) is 31.1. The van der Waals surface area contributed by atoms with Crippen molar-refractivity contribution in [2.45, 2.75) is 102 Å². The number of nitroso groups, excluding NO2 is 1. The predicted molar refractivity (Wildman–Crippen MR) is 370 cm³/mol. The number of ketones is 4. The van der Waals surface area contributed by atoms with Crippen molar-refractivity contribution in [2.75, 3.05) is 12.8 Å². The molecule has 4 aromatic carbocycles. The van der Waals surface area contributed by atoms with Crippen molar-refractivity contribution in [1.29, 1.82) is 0 Å². The summed E-state index contributed by atoms with van der Waals surface area (Å²) in [4.78, 5) is 86.2. The highest BCUT2D eigenvalue weighted by molar-refractivity contribution is 9.10. The number of para-hydroxylation sites is 3. The van der Waals surface area contributed by atoms with Gasteiger partial charge in [0.25, 0.3) is 0 Å². The van der Waals surface area contributed by atoms with Gasteiger partial charge in [0.05, 0.1) is 74.7 Å². The number of esters is 1. The fraction of sp³-hybridized carbons (Fsp3) is 0.222. The van der Waals surface area contributed by atoms with Crippen molar-refractivity contribution >= 4 is 56.7 Å². The maximum Gasteiger partial charge on any atom is 0.339 e. The molecule has 0 saturated carbocycles. The third kappa shape index (κ3) is 23.5. The summed E-state index contributed by atoms with van der Waals surface area (Å²) in [5, 5.41) is 33.8. The normalized spacial score (nSPS) is 10.3. The Bertz CT molecular complexity index is 4070. The van der Waals surface area contributed by atoms with E-state index < -0.39 is 17.4 Å². The van der Waals surface area contributed by atoms with Gasteiger partial charge in [-0.25, -0.2) is 23.6 Å². The van der Waals surface area contributed by atoms with Crippen LogP contribution in [0.25, 0.3) is 17.1 Å². The summed E-state index contributed by atoms with van der Waals surface area (Å²) < 4.78 is 10.9. The number of allylic oxidation sites excluding steroid dienone is 2. The highest BCUT2D eigenvalue weighted by Crippen LogP contribution is 2.25. The molecule has 10 rings (SSSR count). The number of nitrogens with two attached hydrogens (primary N) is 2. The summed E-state index contributed by atoms with van der Waals surface area (Å²) in [6, 6.07) is 44.8. The van der Waals surface area contributed by atoms with Crippen LogP contribution in [0.1, 0.15) is 134 Å². The second kappa shape index (κ2) is 38.7. The number of benzene rings is 4. The van der Waals surface area contributed by atoms with Crippen LogP contribution in [0.15, 0.2) is 198 Å². The minimum Gasteiger partial charge on any atom is -0.510 e. The average molecular weight is 1350 g/mol. The van der Waals surface area contributed by atoms with E-state index in [0.29, 0.717) is 35.0 Å². The average Bonchev–Trinajstić information content (AvgIpc) is 1.68. The third-order valence-corrected chi connectivity index (χ3v) is 14.5. The molecule has 0 aliphatic heterocycles. The lowest BCUT2D eigenvalue weighted by atomic mass is 9.99.